The van der Waals surface area contributed by atoms with Crippen molar-refractivity contribution in [3.05, 3.63) is 11.8 Å². The lowest BCUT2D eigenvalue weighted by molar-refractivity contribution is -0.139. The number of nitrogens with zero attached hydrogens (tertiary/aromatic N) is 3. The number of aromatic nitrogens is 2. The molecule has 1 aliphatic rings. The van der Waals surface area contributed by atoms with E-state index in [9.17, 15) is 9.59 Å². The van der Waals surface area contributed by atoms with Crippen molar-refractivity contribution >= 4 is 11.9 Å². The summed E-state index contributed by atoms with van der Waals surface area (Å²) in [4.78, 5) is 24.1. The highest BCUT2D eigenvalue weighted by Crippen LogP contribution is 2.22. The number of likely N-dealkylation sites (tertiary alicyclic amines) is 1. The van der Waals surface area contributed by atoms with Crippen LogP contribution in [0.25, 0.3) is 0 Å². The molecule has 0 spiro atoms. The van der Waals surface area contributed by atoms with E-state index in [1.165, 1.54) is 11.8 Å². The van der Waals surface area contributed by atoms with Gasteiger partial charge in [-0.2, -0.15) is 5.10 Å². The van der Waals surface area contributed by atoms with Crippen molar-refractivity contribution in [2.24, 2.45) is 13.0 Å². The molecule has 2 heterocycles. The van der Waals surface area contributed by atoms with E-state index in [0.29, 0.717) is 24.7 Å². The van der Waals surface area contributed by atoms with Gasteiger partial charge in [0, 0.05) is 32.1 Å². The lowest BCUT2D eigenvalue weighted by Crippen LogP contribution is -2.50. The Morgan fingerprint density at radius 1 is 1.56 bits per heavy atom. The van der Waals surface area contributed by atoms with Crippen molar-refractivity contribution < 1.29 is 19.4 Å². The van der Waals surface area contributed by atoms with Crippen molar-refractivity contribution in [3.8, 4) is 5.88 Å². The number of carbonyl (C=O) groups is 2. The van der Waals surface area contributed by atoms with Gasteiger partial charge in [0.15, 0.2) is 5.69 Å². The highest BCUT2D eigenvalue weighted by Gasteiger charge is 2.33. The second kappa shape index (κ2) is 4.67. The van der Waals surface area contributed by atoms with Crippen LogP contribution in [-0.2, 0) is 11.8 Å². The van der Waals surface area contributed by atoms with Crippen molar-refractivity contribution in [1.29, 1.82) is 0 Å². The first kappa shape index (κ1) is 12.4. The summed E-state index contributed by atoms with van der Waals surface area (Å²) in [5.74, 6) is -0.444. The van der Waals surface area contributed by atoms with Gasteiger partial charge in [-0.3, -0.25) is 9.59 Å². The summed E-state index contributed by atoms with van der Waals surface area (Å²) in [6.07, 6.45) is 0.106. The van der Waals surface area contributed by atoms with E-state index in [-0.39, 0.29) is 18.2 Å². The third-order valence-corrected chi connectivity index (χ3v) is 2.97. The molecule has 0 atom stereocenters. The number of aliphatic carboxylic acids is 1. The van der Waals surface area contributed by atoms with Crippen LogP contribution in [0.2, 0.25) is 0 Å². The van der Waals surface area contributed by atoms with Crippen molar-refractivity contribution in [3.63, 3.8) is 0 Å². The van der Waals surface area contributed by atoms with E-state index in [2.05, 4.69) is 5.10 Å². The summed E-state index contributed by atoms with van der Waals surface area (Å²) >= 11 is 0. The van der Waals surface area contributed by atoms with Gasteiger partial charge in [-0.1, -0.05) is 0 Å². The molecular formula is C11H15N3O4. The van der Waals surface area contributed by atoms with Crippen LogP contribution in [0.1, 0.15) is 16.9 Å². The van der Waals surface area contributed by atoms with Crippen molar-refractivity contribution in [2.45, 2.75) is 6.42 Å². The molecule has 1 aromatic heterocycles. The fourth-order valence-corrected chi connectivity index (χ4v) is 2.02. The second-order valence-electron chi connectivity index (χ2n) is 4.37. The van der Waals surface area contributed by atoms with Gasteiger partial charge in [-0.05, 0) is 0 Å². The van der Waals surface area contributed by atoms with E-state index in [0.717, 1.165) is 0 Å². The average molecular weight is 253 g/mol. The zero-order chi connectivity index (χ0) is 13.3. The smallest absolute Gasteiger partial charge is 0.303 e. The van der Waals surface area contributed by atoms with E-state index in [1.54, 1.807) is 18.0 Å². The molecule has 0 aliphatic carbocycles. The normalized spacial score (nSPS) is 15.3. The molecule has 1 N–H and O–H groups in total. The van der Waals surface area contributed by atoms with E-state index >= 15 is 0 Å². The Labute approximate surface area is 104 Å². The summed E-state index contributed by atoms with van der Waals surface area (Å²) in [5.41, 5.74) is 0.322. The summed E-state index contributed by atoms with van der Waals surface area (Å²) in [6.45, 7) is 0.952. The van der Waals surface area contributed by atoms with Crippen LogP contribution in [-0.4, -0.2) is 51.9 Å². The van der Waals surface area contributed by atoms with Crippen molar-refractivity contribution in [1.82, 2.24) is 14.7 Å². The van der Waals surface area contributed by atoms with Gasteiger partial charge < -0.3 is 14.7 Å². The largest absolute Gasteiger partial charge is 0.481 e. The fourth-order valence-electron chi connectivity index (χ4n) is 2.02. The minimum atomic E-state index is -0.827. The molecule has 18 heavy (non-hydrogen) atoms. The fraction of sp³-hybridized carbons (Fsp3) is 0.545. The minimum Gasteiger partial charge on any atom is -0.481 e. The summed E-state index contributed by atoms with van der Waals surface area (Å²) in [6, 6.07) is 1.58. The van der Waals surface area contributed by atoms with Crippen molar-refractivity contribution in [2.75, 3.05) is 20.2 Å². The Morgan fingerprint density at radius 2 is 2.22 bits per heavy atom. The Hall–Kier alpha value is -2.05. The molecular weight excluding hydrogens is 238 g/mol. The van der Waals surface area contributed by atoms with E-state index in [1.807, 2.05) is 0 Å². The average Bonchev–Trinajstić information content (AvgIpc) is 2.63. The first-order chi connectivity index (χ1) is 8.51. The van der Waals surface area contributed by atoms with Gasteiger partial charge in [0.1, 0.15) is 0 Å². The maximum atomic E-state index is 12.0. The van der Waals surface area contributed by atoms with Crippen LogP contribution in [0, 0.1) is 5.92 Å². The standard InChI is InChI=1S/C11H15N3O4/c1-13-9(18-2)4-8(12-13)11(17)14-5-7(6-14)3-10(15)16/h4,7H,3,5-6H2,1-2H3,(H,15,16). The molecule has 2 rings (SSSR count). The zero-order valence-corrected chi connectivity index (χ0v) is 10.3. The number of ether oxygens (including phenoxy) is 1. The molecule has 1 amide bonds. The predicted octanol–water partition coefficient (Wildman–Crippen LogP) is -0.0246. The molecule has 7 heteroatoms. The van der Waals surface area contributed by atoms with Gasteiger partial charge in [0.2, 0.25) is 5.88 Å². The Balaban J connectivity index is 1.95. The Kier molecular flexibility index (Phi) is 3.22. The van der Waals surface area contributed by atoms with Crippen LogP contribution in [0.4, 0.5) is 0 Å². The molecule has 1 saturated heterocycles. The molecule has 0 radical (unpaired) electrons. The van der Waals surface area contributed by atoms with Gasteiger partial charge in [0.05, 0.1) is 13.5 Å². The maximum absolute atomic E-state index is 12.0. The maximum Gasteiger partial charge on any atom is 0.303 e. The number of carboxylic acids is 1. The number of carbonyl (C=O) groups excluding carboxylic acids is 1. The number of aryl methyl sites for hydroxylation is 1. The van der Waals surface area contributed by atoms with Crippen LogP contribution >= 0.6 is 0 Å². The SMILES string of the molecule is COc1cc(C(=O)N2CC(CC(=O)O)C2)nn1C. The molecule has 0 unspecified atom stereocenters. The van der Waals surface area contributed by atoms with Gasteiger partial charge in [-0.25, -0.2) is 4.68 Å². The minimum absolute atomic E-state index is 0.0528. The van der Waals surface area contributed by atoms with Crippen LogP contribution in [0.15, 0.2) is 6.07 Å². The molecule has 1 aliphatic heterocycles. The van der Waals surface area contributed by atoms with Gasteiger partial charge >= 0.3 is 5.97 Å². The highest BCUT2D eigenvalue weighted by molar-refractivity contribution is 5.93. The number of hydrogen-bond acceptors (Lipinski definition) is 4. The highest BCUT2D eigenvalue weighted by atomic mass is 16.5. The first-order valence-corrected chi connectivity index (χ1v) is 5.60. The number of carboxylic acid groups (broad SMARTS) is 1. The second-order valence-corrected chi connectivity index (χ2v) is 4.37. The van der Waals surface area contributed by atoms with Gasteiger partial charge in [0.25, 0.3) is 5.91 Å². The molecule has 0 saturated carbocycles. The zero-order valence-electron chi connectivity index (χ0n) is 10.3. The quantitative estimate of drug-likeness (QED) is 0.814. The summed E-state index contributed by atoms with van der Waals surface area (Å²) < 4.78 is 6.52. The summed E-state index contributed by atoms with van der Waals surface area (Å²) in [7, 11) is 3.21. The lowest BCUT2D eigenvalue weighted by atomic mass is 9.96. The Morgan fingerprint density at radius 3 is 2.72 bits per heavy atom. The molecule has 0 aromatic carbocycles. The molecule has 7 nitrogen and oxygen atoms in total. The molecule has 1 aromatic rings. The van der Waals surface area contributed by atoms with E-state index < -0.39 is 5.97 Å². The lowest BCUT2D eigenvalue weighted by Gasteiger charge is -2.38. The third kappa shape index (κ3) is 2.29. The Bertz CT molecular complexity index is 477. The number of rotatable bonds is 4. The topological polar surface area (TPSA) is 84.7 Å². The van der Waals surface area contributed by atoms with Crippen LogP contribution in [0.3, 0.4) is 0 Å². The molecule has 1 fully saturated rings. The van der Waals surface area contributed by atoms with Gasteiger partial charge in [-0.15, -0.1) is 0 Å². The third-order valence-electron chi connectivity index (χ3n) is 2.97. The van der Waals surface area contributed by atoms with Crippen LogP contribution in [0.5, 0.6) is 5.88 Å². The summed E-state index contributed by atoms with van der Waals surface area (Å²) in [5, 5.41) is 12.7. The predicted molar refractivity (Wildman–Crippen MR) is 61.4 cm³/mol. The number of methoxy groups -OCH3 is 1. The first-order valence-electron chi connectivity index (χ1n) is 5.60. The van der Waals surface area contributed by atoms with E-state index in [4.69, 9.17) is 9.84 Å². The number of amides is 1. The molecule has 98 valence electrons. The number of hydrogen-bond donors (Lipinski definition) is 1. The monoisotopic (exact) mass is 253 g/mol. The molecule has 0 bridgehead atoms. The van der Waals surface area contributed by atoms with Crippen LogP contribution < -0.4 is 4.74 Å².